The zero-order chi connectivity index (χ0) is 13.7. The lowest BCUT2D eigenvalue weighted by atomic mass is 10.5. The predicted octanol–water partition coefficient (Wildman–Crippen LogP) is 0.599. The number of rotatable bonds is 7. The van der Waals surface area contributed by atoms with Crippen molar-refractivity contribution in [2.24, 2.45) is 0 Å². The largest absolute Gasteiger partial charge is 0.480 e. The maximum atomic E-state index is 5.28. The van der Waals surface area contributed by atoms with E-state index in [1.165, 1.54) is 0 Å². The van der Waals surface area contributed by atoms with E-state index in [1.54, 1.807) is 29.3 Å². The predicted molar refractivity (Wildman–Crippen MR) is 74.7 cm³/mol. The molecule has 7 nitrogen and oxygen atoms in total. The Kier molecular flexibility index (Phi) is 4.69. The Morgan fingerprint density at radius 2 is 2.32 bits per heavy atom. The van der Waals surface area contributed by atoms with Gasteiger partial charge in [0.25, 0.3) is 0 Å². The van der Waals surface area contributed by atoms with E-state index in [4.69, 9.17) is 4.74 Å². The average molecular weight is 282 g/mol. The van der Waals surface area contributed by atoms with Gasteiger partial charge in [0.15, 0.2) is 5.13 Å². The van der Waals surface area contributed by atoms with Gasteiger partial charge in [-0.1, -0.05) is 16.6 Å². The Bertz CT molecular complexity index is 495. The number of nitrogens with one attached hydrogen (secondary N) is 1. The van der Waals surface area contributed by atoms with Crippen LogP contribution in [0.1, 0.15) is 4.88 Å². The molecule has 8 heteroatoms. The number of ether oxygens (including phenoxy) is 1. The van der Waals surface area contributed by atoms with Crippen LogP contribution in [-0.4, -0.2) is 47.7 Å². The fourth-order valence-electron chi connectivity index (χ4n) is 1.54. The summed E-state index contributed by atoms with van der Waals surface area (Å²) in [6.07, 6.45) is 3.52. The highest BCUT2D eigenvalue weighted by atomic mass is 32.1. The van der Waals surface area contributed by atoms with Gasteiger partial charge < -0.3 is 15.0 Å². The van der Waals surface area contributed by atoms with Crippen molar-refractivity contribution in [3.8, 4) is 5.88 Å². The van der Waals surface area contributed by atoms with Crippen molar-refractivity contribution in [1.29, 1.82) is 0 Å². The molecule has 0 fully saturated rings. The van der Waals surface area contributed by atoms with Crippen molar-refractivity contribution in [3.05, 3.63) is 17.3 Å². The third-order valence-electron chi connectivity index (χ3n) is 2.50. The highest BCUT2D eigenvalue weighted by Crippen LogP contribution is 2.29. The van der Waals surface area contributed by atoms with Crippen LogP contribution in [0.15, 0.2) is 12.4 Å². The molecule has 2 aromatic heterocycles. The van der Waals surface area contributed by atoms with Gasteiger partial charge in [-0.3, -0.25) is 4.68 Å². The molecule has 0 spiro atoms. The molecule has 0 amide bonds. The maximum Gasteiger partial charge on any atom is 0.230 e. The van der Waals surface area contributed by atoms with Crippen LogP contribution in [0.5, 0.6) is 5.88 Å². The summed E-state index contributed by atoms with van der Waals surface area (Å²) in [7, 11) is 5.59. The van der Waals surface area contributed by atoms with Crippen molar-refractivity contribution >= 4 is 16.5 Å². The second-order valence-corrected chi connectivity index (χ2v) is 5.23. The Labute approximate surface area is 116 Å². The molecular weight excluding hydrogens is 264 g/mol. The molecule has 1 N–H and O–H groups in total. The van der Waals surface area contributed by atoms with Crippen LogP contribution in [0.3, 0.4) is 0 Å². The van der Waals surface area contributed by atoms with E-state index in [9.17, 15) is 0 Å². The minimum Gasteiger partial charge on any atom is -0.480 e. The van der Waals surface area contributed by atoms with Crippen LogP contribution in [0.2, 0.25) is 0 Å². The van der Waals surface area contributed by atoms with E-state index >= 15 is 0 Å². The lowest BCUT2D eigenvalue weighted by molar-refractivity contribution is 0.394. The molecule has 2 rings (SSSR count). The number of aromatic nitrogens is 4. The van der Waals surface area contributed by atoms with Crippen LogP contribution in [0, 0.1) is 0 Å². The molecular formula is C11H18N6OS. The number of thiazole rings is 1. The zero-order valence-corrected chi connectivity index (χ0v) is 12.1. The van der Waals surface area contributed by atoms with Gasteiger partial charge in [-0.25, -0.2) is 0 Å². The fraction of sp³-hybridized carbons (Fsp3) is 0.545. The van der Waals surface area contributed by atoms with Gasteiger partial charge >= 0.3 is 0 Å². The Hall–Kier alpha value is -1.67. The first kappa shape index (κ1) is 13.8. The van der Waals surface area contributed by atoms with Gasteiger partial charge in [-0.05, 0) is 0 Å². The van der Waals surface area contributed by atoms with Gasteiger partial charge in [0.05, 0.1) is 24.7 Å². The molecule has 104 valence electrons. The number of methoxy groups -OCH3 is 1. The summed E-state index contributed by atoms with van der Waals surface area (Å²) in [6, 6.07) is 0. The molecule has 0 aliphatic rings. The molecule has 0 radical (unpaired) electrons. The molecule has 0 atom stereocenters. The van der Waals surface area contributed by atoms with Crippen LogP contribution in [0.25, 0.3) is 0 Å². The molecule has 2 heterocycles. The van der Waals surface area contributed by atoms with Crippen molar-refractivity contribution in [2.75, 3.05) is 32.6 Å². The summed E-state index contributed by atoms with van der Waals surface area (Å²) in [4.78, 5) is 7.49. The molecule has 19 heavy (non-hydrogen) atoms. The van der Waals surface area contributed by atoms with Crippen molar-refractivity contribution < 1.29 is 4.74 Å². The summed E-state index contributed by atoms with van der Waals surface area (Å²) in [5.41, 5.74) is 0. The zero-order valence-electron chi connectivity index (χ0n) is 11.3. The van der Waals surface area contributed by atoms with Crippen LogP contribution in [0.4, 0.5) is 5.13 Å². The summed E-state index contributed by atoms with van der Waals surface area (Å²) in [6.45, 7) is 2.35. The summed E-state index contributed by atoms with van der Waals surface area (Å²) >= 11 is 1.63. The molecule has 0 unspecified atom stereocenters. The lowest BCUT2D eigenvalue weighted by Gasteiger charge is -2.05. The highest BCUT2D eigenvalue weighted by Gasteiger charge is 2.12. The Balaban J connectivity index is 1.84. The van der Waals surface area contributed by atoms with E-state index in [-0.39, 0.29) is 0 Å². The van der Waals surface area contributed by atoms with Crippen molar-refractivity contribution in [2.45, 2.75) is 13.1 Å². The van der Waals surface area contributed by atoms with E-state index in [0.717, 1.165) is 29.6 Å². The average Bonchev–Trinajstić information content (AvgIpc) is 3.03. The first-order valence-corrected chi connectivity index (χ1v) is 6.78. The van der Waals surface area contributed by atoms with Crippen molar-refractivity contribution in [3.63, 3.8) is 0 Å². The summed E-state index contributed by atoms with van der Waals surface area (Å²) in [5.74, 6) is 0.696. The maximum absolute atomic E-state index is 5.28. The van der Waals surface area contributed by atoms with Crippen LogP contribution >= 0.6 is 11.3 Å². The van der Waals surface area contributed by atoms with Gasteiger partial charge in [-0.2, -0.15) is 4.98 Å². The SMILES string of the molecule is COc1nc(N(C)C)sc1CNCCn1ccnn1. The van der Waals surface area contributed by atoms with E-state index < -0.39 is 0 Å². The molecule has 0 bridgehead atoms. The lowest BCUT2D eigenvalue weighted by Crippen LogP contribution is -2.19. The first-order chi connectivity index (χ1) is 9.20. The quantitative estimate of drug-likeness (QED) is 0.750. The monoisotopic (exact) mass is 282 g/mol. The van der Waals surface area contributed by atoms with Crippen LogP contribution < -0.4 is 15.0 Å². The normalized spacial score (nSPS) is 10.7. The van der Waals surface area contributed by atoms with Gasteiger partial charge in [0.1, 0.15) is 0 Å². The molecule has 0 saturated heterocycles. The second kappa shape index (κ2) is 6.48. The van der Waals surface area contributed by atoms with E-state index in [1.807, 2.05) is 25.2 Å². The summed E-state index contributed by atoms with van der Waals surface area (Å²) in [5, 5.41) is 12.0. The molecule has 0 aromatic carbocycles. The van der Waals surface area contributed by atoms with E-state index in [2.05, 4.69) is 20.6 Å². The van der Waals surface area contributed by atoms with Gasteiger partial charge in [0, 0.05) is 33.4 Å². The van der Waals surface area contributed by atoms with Crippen LogP contribution in [-0.2, 0) is 13.1 Å². The first-order valence-electron chi connectivity index (χ1n) is 5.96. The molecule has 0 aliphatic heterocycles. The second-order valence-electron chi connectivity index (χ2n) is 4.17. The van der Waals surface area contributed by atoms with Crippen molar-refractivity contribution in [1.82, 2.24) is 25.3 Å². The van der Waals surface area contributed by atoms with Gasteiger partial charge in [0.2, 0.25) is 5.88 Å². The highest BCUT2D eigenvalue weighted by molar-refractivity contribution is 7.15. The third kappa shape index (κ3) is 3.65. The smallest absolute Gasteiger partial charge is 0.230 e. The third-order valence-corrected chi connectivity index (χ3v) is 3.71. The minimum absolute atomic E-state index is 0.696. The van der Waals surface area contributed by atoms with Gasteiger partial charge in [-0.15, -0.1) is 5.10 Å². The van der Waals surface area contributed by atoms with E-state index in [0.29, 0.717) is 5.88 Å². The minimum atomic E-state index is 0.696. The summed E-state index contributed by atoms with van der Waals surface area (Å²) < 4.78 is 7.08. The molecule has 0 saturated carbocycles. The standard InChI is InChI=1S/C11H18N6OS/c1-16(2)11-14-10(18-3)9(19-11)8-12-4-6-17-7-5-13-15-17/h5,7,12H,4,6,8H2,1-3H3. The fourth-order valence-corrected chi connectivity index (χ4v) is 2.46. The Morgan fingerprint density at radius 3 is 2.95 bits per heavy atom. The molecule has 2 aromatic rings. The number of hydrogen-bond acceptors (Lipinski definition) is 7. The number of hydrogen-bond donors (Lipinski definition) is 1. The Morgan fingerprint density at radius 1 is 1.47 bits per heavy atom. The number of anilines is 1. The molecule has 0 aliphatic carbocycles. The number of nitrogens with zero attached hydrogens (tertiary/aromatic N) is 5. The topological polar surface area (TPSA) is 68.1 Å².